The van der Waals surface area contributed by atoms with Gasteiger partial charge < -0.3 is 0 Å². The van der Waals surface area contributed by atoms with Crippen LogP contribution in [0.5, 0.6) is 0 Å². The molecule has 0 spiro atoms. The summed E-state index contributed by atoms with van der Waals surface area (Å²) >= 11 is 0. The molecule has 56 valence electrons. The van der Waals surface area contributed by atoms with Crippen molar-refractivity contribution in [1.82, 2.24) is 0 Å². The number of hydrogen-bond donors (Lipinski definition) is 0. The summed E-state index contributed by atoms with van der Waals surface area (Å²) in [5.41, 5.74) is 3.77. The maximum absolute atomic E-state index is 4.46. The standard InChI is InChI=1S/C10H11N/c1-2-9-7-8-5-3-4-6-10(8)11-9/h3-4,6-7H,2,5H2,1H3. The molecule has 11 heavy (non-hydrogen) atoms. The van der Waals surface area contributed by atoms with Gasteiger partial charge in [0.2, 0.25) is 0 Å². The predicted octanol–water partition coefficient (Wildman–Crippen LogP) is 2.62. The van der Waals surface area contributed by atoms with Crippen molar-refractivity contribution < 1.29 is 0 Å². The number of aliphatic imine (C=N–C) groups is 1. The zero-order valence-corrected chi connectivity index (χ0v) is 6.67. The third-order valence-corrected chi connectivity index (χ3v) is 2.02. The first-order valence-electron chi connectivity index (χ1n) is 4.05. The van der Waals surface area contributed by atoms with Crippen LogP contribution in [0.15, 0.2) is 40.6 Å². The quantitative estimate of drug-likeness (QED) is 0.538. The van der Waals surface area contributed by atoms with Gasteiger partial charge in [-0.1, -0.05) is 19.1 Å². The molecule has 0 saturated carbocycles. The van der Waals surface area contributed by atoms with E-state index in [0.29, 0.717) is 0 Å². The summed E-state index contributed by atoms with van der Waals surface area (Å²) in [6.45, 7) is 2.14. The molecule has 0 aromatic rings. The van der Waals surface area contributed by atoms with Gasteiger partial charge in [0.1, 0.15) is 0 Å². The average molecular weight is 145 g/mol. The van der Waals surface area contributed by atoms with Crippen molar-refractivity contribution in [3.63, 3.8) is 0 Å². The van der Waals surface area contributed by atoms with Gasteiger partial charge >= 0.3 is 0 Å². The van der Waals surface area contributed by atoms with Crippen LogP contribution in [-0.4, -0.2) is 5.71 Å². The normalized spacial score (nSPS) is 20.6. The fraction of sp³-hybridized carbons (Fsp3) is 0.300. The van der Waals surface area contributed by atoms with Crippen molar-refractivity contribution in [3.05, 3.63) is 35.6 Å². The largest absolute Gasteiger partial charge is 0.253 e. The van der Waals surface area contributed by atoms with Crippen LogP contribution in [0.3, 0.4) is 0 Å². The summed E-state index contributed by atoms with van der Waals surface area (Å²) < 4.78 is 0. The number of nitrogens with zero attached hydrogens (tertiary/aromatic N) is 1. The van der Waals surface area contributed by atoms with Crippen molar-refractivity contribution in [2.75, 3.05) is 0 Å². The minimum atomic E-state index is 1.04. The second-order valence-corrected chi connectivity index (χ2v) is 2.81. The van der Waals surface area contributed by atoms with Gasteiger partial charge in [-0.2, -0.15) is 0 Å². The molecular weight excluding hydrogens is 134 g/mol. The third kappa shape index (κ3) is 1.07. The number of rotatable bonds is 1. The fourth-order valence-electron chi connectivity index (χ4n) is 1.38. The molecule has 0 atom stereocenters. The first-order valence-corrected chi connectivity index (χ1v) is 4.05. The van der Waals surface area contributed by atoms with Crippen molar-refractivity contribution in [2.24, 2.45) is 4.99 Å². The van der Waals surface area contributed by atoms with Gasteiger partial charge in [0.15, 0.2) is 0 Å². The zero-order chi connectivity index (χ0) is 7.68. The molecule has 1 aliphatic carbocycles. The van der Waals surface area contributed by atoms with Crippen LogP contribution in [0.25, 0.3) is 0 Å². The van der Waals surface area contributed by atoms with E-state index in [2.05, 4.69) is 36.2 Å². The SMILES string of the molecule is CCC1=NC2=CC=CCC2=C1. The van der Waals surface area contributed by atoms with Crippen LogP contribution in [0, 0.1) is 0 Å². The van der Waals surface area contributed by atoms with Crippen molar-refractivity contribution in [1.29, 1.82) is 0 Å². The number of fused-ring (bicyclic) bond motifs is 1. The smallest absolute Gasteiger partial charge is 0.0668 e. The highest BCUT2D eigenvalue weighted by Crippen LogP contribution is 2.26. The van der Waals surface area contributed by atoms with Gasteiger partial charge in [-0.25, -0.2) is 0 Å². The average Bonchev–Trinajstić information content (AvgIpc) is 2.46. The minimum absolute atomic E-state index is 1.04. The highest BCUT2D eigenvalue weighted by Gasteiger charge is 2.12. The second kappa shape index (κ2) is 2.50. The summed E-state index contributed by atoms with van der Waals surface area (Å²) in [5.74, 6) is 0. The van der Waals surface area contributed by atoms with Crippen molar-refractivity contribution >= 4 is 5.71 Å². The molecule has 0 aromatic carbocycles. The Hall–Kier alpha value is -1.11. The maximum atomic E-state index is 4.46. The molecule has 0 radical (unpaired) electrons. The van der Waals surface area contributed by atoms with Gasteiger partial charge in [-0.3, -0.25) is 4.99 Å². The lowest BCUT2D eigenvalue weighted by atomic mass is 10.1. The van der Waals surface area contributed by atoms with E-state index >= 15 is 0 Å². The van der Waals surface area contributed by atoms with Gasteiger partial charge in [0.05, 0.1) is 5.70 Å². The van der Waals surface area contributed by atoms with Gasteiger partial charge in [0.25, 0.3) is 0 Å². The Labute approximate surface area is 66.8 Å². The summed E-state index contributed by atoms with van der Waals surface area (Å²) in [6, 6.07) is 0. The Bertz CT molecular complexity index is 290. The molecular formula is C10H11N. The Morgan fingerprint density at radius 2 is 2.45 bits per heavy atom. The minimum Gasteiger partial charge on any atom is -0.253 e. The topological polar surface area (TPSA) is 12.4 Å². The molecule has 0 fully saturated rings. The van der Waals surface area contributed by atoms with Gasteiger partial charge in [-0.15, -0.1) is 0 Å². The predicted molar refractivity (Wildman–Crippen MR) is 47.6 cm³/mol. The van der Waals surface area contributed by atoms with Crippen LogP contribution in [-0.2, 0) is 0 Å². The fourth-order valence-corrected chi connectivity index (χ4v) is 1.38. The molecule has 1 heterocycles. The molecule has 0 saturated heterocycles. The van der Waals surface area contributed by atoms with Crippen LogP contribution >= 0.6 is 0 Å². The van der Waals surface area contributed by atoms with E-state index in [1.54, 1.807) is 0 Å². The van der Waals surface area contributed by atoms with Crippen molar-refractivity contribution in [3.8, 4) is 0 Å². The lowest BCUT2D eigenvalue weighted by molar-refractivity contribution is 1.18. The first kappa shape index (κ1) is 6.59. The lowest BCUT2D eigenvalue weighted by Gasteiger charge is -2.01. The molecule has 0 N–H and O–H groups in total. The van der Waals surface area contributed by atoms with Crippen molar-refractivity contribution in [2.45, 2.75) is 19.8 Å². The van der Waals surface area contributed by atoms with Crippen LogP contribution in [0.1, 0.15) is 19.8 Å². The third-order valence-electron chi connectivity index (χ3n) is 2.02. The zero-order valence-electron chi connectivity index (χ0n) is 6.67. The Kier molecular flexibility index (Phi) is 1.50. The molecule has 0 bridgehead atoms. The van der Waals surface area contributed by atoms with Crippen LogP contribution < -0.4 is 0 Å². The maximum Gasteiger partial charge on any atom is 0.0668 e. The monoisotopic (exact) mass is 145 g/mol. The molecule has 1 nitrogen and oxygen atoms in total. The number of hydrogen-bond acceptors (Lipinski definition) is 1. The Balaban J connectivity index is 2.34. The summed E-state index contributed by atoms with van der Waals surface area (Å²) in [6.07, 6.45) is 10.6. The Morgan fingerprint density at radius 1 is 1.55 bits per heavy atom. The van der Waals surface area contributed by atoms with Gasteiger partial charge in [0, 0.05) is 5.71 Å². The summed E-state index contributed by atoms with van der Waals surface area (Å²) in [7, 11) is 0. The second-order valence-electron chi connectivity index (χ2n) is 2.81. The molecule has 1 heteroatoms. The highest BCUT2D eigenvalue weighted by atomic mass is 14.8. The van der Waals surface area contributed by atoms with E-state index in [0.717, 1.165) is 12.8 Å². The Morgan fingerprint density at radius 3 is 3.18 bits per heavy atom. The van der Waals surface area contributed by atoms with E-state index in [1.165, 1.54) is 17.0 Å². The first-order chi connectivity index (χ1) is 5.40. The van der Waals surface area contributed by atoms with Crippen LogP contribution in [0.4, 0.5) is 0 Å². The molecule has 0 aromatic heterocycles. The molecule has 0 unspecified atom stereocenters. The van der Waals surface area contributed by atoms with E-state index < -0.39 is 0 Å². The summed E-state index contributed by atoms with van der Waals surface area (Å²) in [4.78, 5) is 4.46. The molecule has 2 rings (SSSR count). The molecule has 1 aliphatic heterocycles. The lowest BCUT2D eigenvalue weighted by Crippen LogP contribution is -1.84. The van der Waals surface area contributed by atoms with Crippen LogP contribution in [0.2, 0.25) is 0 Å². The van der Waals surface area contributed by atoms with Gasteiger partial charge in [-0.05, 0) is 30.6 Å². The number of allylic oxidation sites excluding steroid dienone is 5. The van der Waals surface area contributed by atoms with E-state index in [9.17, 15) is 0 Å². The van der Waals surface area contributed by atoms with E-state index in [-0.39, 0.29) is 0 Å². The highest BCUT2D eigenvalue weighted by molar-refractivity contribution is 5.99. The molecule has 2 aliphatic rings. The summed E-state index contributed by atoms with van der Waals surface area (Å²) in [5, 5.41) is 0. The van der Waals surface area contributed by atoms with E-state index in [4.69, 9.17) is 0 Å². The van der Waals surface area contributed by atoms with E-state index in [1.807, 2.05) is 0 Å². The molecule has 0 amide bonds.